The molecule has 1 aromatic heterocycles. The summed E-state index contributed by atoms with van der Waals surface area (Å²) in [4.78, 5) is 23.2. The van der Waals surface area contributed by atoms with Crippen LogP contribution in [0.5, 0.6) is 17.2 Å². The van der Waals surface area contributed by atoms with Gasteiger partial charge < -0.3 is 25.4 Å². The summed E-state index contributed by atoms with van der Waals surface area (Å²) >= 11 is 0. The molecule has 0 aliphatic carbocycles. The Hall–Kier alpha value is -5.31. The predicted octanol–water partition coefficient (Wildman–Crippen LogP) is 5.99. The molecule has 9 heteroatoms. The van der Waals surface area contributed by atoms with Crippen LogP contribution in [0.25, 0.3) is 33.3 Å². The van der Waals surface area contributed by atoms with Gasteiger partial charge in [-0.1, -0.05) is 30.3 Å². The average Bonchev–Trinajstić information content (AvgIpc) is 3.43. The van der Waals surface area contributed by atoms with Crippen LogP contribution in [-0.2, 0) is 4.79 Å². The third-order valence-electron chi connectivity index (χ3n) is 7.15. The van der Waals surface area contributed by atoms with Crippen LogP contribution in [0.1, 0.15) is 41.7 Å². The van der Waals surface area contributed by atoms with Gasteiger partial charge in [-0.3, -0.25) is 14.3 Å². The summed E-state index contributed by atoms with van der Waals surface area (Å²) in [6.45, 7) is 2.29. The van der Waals surface area contributed by atoms with Crippen LogP contribution in [0.4, 0.5) is 0 Å². The smallest absolute Gasteiger partial charge is 0.303 e. The molecule has 0 bridgehead atoms. The van der Waals surface area contributed by atoms with Crippen LogP contribution >= 0.6 is 0 Å². The second kappa shape index (κ2) is 12.1. The molecule has 42 heavy (non-hydrogen) atoms. The number of carboxylic acid groups (broad SMARTS) is 1. The average molecular weight is 566 g/mol. The molecule has 1 heterocycles. The van der Waals surface area contributed by atoms with Crippen molar-refractivity contribution in [3.63, 3.8) is 0 Å². The van der Waals surface area contributed by atoms with E-state index in [-0.39, 0.29) is 36.4 Å². The molecule has 0 saturated heterocycles. The van der Waals surface area contributed by atoms with Crippen LogP contribution < -0.4 is 10.1 Å². The highest BCUT2D eigenvalue weighted by Crippen LogP contribution is 2.35. The number of nitrogens with one attached hydrogen (secondary N) is 1. The van der Waals surface area contributed by atoms with Gasteiger partial charge in [-0.2, -0.15) is 5.10 Å². The van der Waals surface area contributed by atoms with Gasteiger partial charge in [0, 0.05) is 35.7 Å². The molecule has 0 aliphatic rings. The fraction of sp³-hybridized carbons (Fsp3) is 0.182. The van der Waals surface area contributed by atoms with Crippen molar-refractivity contribution < 1.29 is 29.6 Å². The molecule has 9 nitrogen and oxygen atoms in total. The lowest BCUT2D eigenvalue weighted by atomic mass is 10.0. The Morgan fingerprint density at radius 3 is 2.26 bits per heavy atom. The number of carbonyl (C=O) groups excluding carboxylic acids is 1. The monoisotopic (exact) mass is 565 g/mol. The number of nitrogens with zero attached hydrogens (tertiary/aromatic N) is 2. The molecular formula is C33H31N3O6. The first-order valence-corrected chi connectivity index (χ1v) is 13.5. The normalized spacial score (nSPS) is 11.8. The summed E-state index contributed by atoms with van der Waals surface area (Å²) in [6, 6.07) is 25.3. The van der Waals surface area contributed by atoms with Crippen LogP contribution in [0, 0.1) is 0 Å². The fourth-order valence-electron chi connectivity index (χ4n) is 4.90. The van der Waals surface area contributed by atoms with Crippen molar-refractivity contribution in [3.8, 4) is 39.8 Å². The Kier molecular flexibility index (Phi) is 8.10. The number of benzene rings is 4. The Balaban J connectivity index is 1.49. The Morgan fingerprint density at radius 2 is 1.57 bits per heavy atom. The molecule has 4 aromatic carbocycles. The van der Waals surface area contributed by atoms with Crippen LogP contribution in [0.15, 0.2) is 84.9 Å². The summed E-state index contributed by atoms with van der Waals surface area (Å²) in [5.74, 6) is -0.514. The van der Waals surface area contributed by atoms with Crippen LogP contribution in [0.2, 0.25) is 0 Å². The van der Waals surface area contributed by atoms with E-state index in [9.17, 15) is 19.8 Å². The van der Waals surface area contributed by atoms with Crippen LogP contribution in [0.3, 0.4) is 0 Å². The molecule has 0 unspecified atom stereocenters. The number of phenolic OH excluding ortho intramolecular Hbond substituents is 2. The zero-order valence-electron chi connectivity index (χ0n) is 23.2. The molecule has 0 fully saturated rings. The lowest BCUT2D eigenvalue weighted by Gasteiger charge is -2.17. The van der Waals surface area contributed by atoms with Gasteiger partial charge >= 0.3 is 5.97 Å². The van der Waals surface area contributed by atoms with Gasteiger partial charge in [-0.25, -0.2) is 0 Å². The summed E-state index contributed by atoms with van der Waals surface area (Å²) in [5, 5.41) is 38.7. The minimum atomic E-state index is -0.895. The largest absolute Gasteiger partial charge is 0.508 e. The molecule has 1 amide bonds. The maximum atomic E-state index is 12.5. The second-order valence-electron chi connectivity index (χ2n) is 10.1. The zero-order chi connectivity index (χ0) is 29.8. The molecule has 4 N–H and O–H groups in total. The molecular weight excluding hydrogens is 534 g/mol. The topological polar surface area (TPSA) is 134 Å². The first-order chi connectivity index (χ1) is 20.2. The third kappa shape index (κ3) is 6.20. The Bertz CT molecular complexity index is 1740. The number of hydrogen-bond acceptors (Lipinski definition) is 6. The fourth-order valence-corrected chi connectivity index (χ4v) is 4.90. The second-order valence-corrected chi connectivity index (χ2v) is 10.1. The Morgan fingerprint density at radius 1 is 0.881 bits per heavy atom. The number of ether oxygens (including phenoxy) is 1. The number of carbonyl (C=O) groups is 2. The van der Waals surface area contributed by atoms with E-state index in [1.54, 1.807) is 31.4 Å². The highest BCUT2D eigenvalue weighted by Gasteiger charge is 2.19. The van der Waals surface area contributed by atoms with Crippen molar-refractivity contribution in [3.05, 3.63) is 96.1 Å². The third-order valence-corrected chi connectivity index (χ3v) is 7.15. The van der Waals surface area contributed by atoms with Crippen molar-refractivity contribution in [1.82, 2.24) is 15.1 Å². The maximum absolute atomic E-state index is 12.5. The van der Waals surface area contributed by atoms with Gasteiger partial charge in [-0.05, 0) is 78.2 Å². The number of rotatable bonds is 10. The van der Waals surface area contributed by atoms with Crippen LogP contribution in [-0.4, -0.2) is 50.6 Å². The summed E-state index contributed by atoms with van der Waals surface area (Å²) < 4.78 is 7.25. The van der Waals surface area contributed by atoms with Gasteiger partial charge in [0.05, 0.1) is 24.5 Å². The molecule has 5 rings (SSSR count). The first-order valence-electron chi connectivity index (χ1n) is 13.5. The minimum absolute atomic E-state index is 0.00145. The van der Waals surface area contributed by atoms with Gasteiger partial charge in [0.15, 0.2) is 0 Å². The summed E-state index contributed by atoms with van der Waals surface area (Å²) in [6.07, 6.45) is 0.360. The highest BCUT2D eigenvalue weighted by atomic mass is 16.5. The van der Waals surface area contributed by atoms with E-state index in [1.165, 1.54) is 6.07 Å². The number of carboxylic acids is 1. The number of aromatic hydroxyl groups is 2. The van der Waals surface area contributed by atoms with Crippen molar-refractivity contribution >= 4 is 22.6 Å². The number of aromatic nitrogens is 2. The lowest BCUT2D eigenvalue weighted by molar-refractivity contribution is -0.137. The van der Waals surface area contributed by atoms with E-state index in [2.05, 4.69) is 11.4 Å². The number of hydrogen-bond donors (Lipinski definition) is 4. The highest BCUT2D eigenvalue weighted by molar-refractivity contribution is 5.94. The van der Waals surface area contributed by atoms with E-state index in [0.29, 0.717) is 23.2 Å². The molecule has 0 spiro atoms. The predicted molar refractivity (Wildman–Crippen MR) is 160 cm³/mol. The molecule has 0 saturated carbocycles. The molecule has 0 radical (unpaired) electrons. The van der Waals surface area contributed by atoms with Gasteiger partial charge in [0.1, 0.15) is 17.2 Å². The van der Waals surface area contributed by atoms with Gasteiger partial charge in [0.2, 0.25) is 0 Å². The minimum Gasteiger partial charge on any atom is -0.508 e. The molecule has 0 aliphatic heterocycles. The van der Waals surface area contributed by atoms with Crippen molar-refractivity contribution in [2.75, 3.05) is 13.7 Å². The van der Waals surface area contributed by atoms with Crippen molar-refractivity contribution in [2.24, 2.45) is 0 Å². The lowest BCUT2D eigenvalue weighted by Crippen LogP contribution is -2.24. The first kappa shape index (κ1) is 28.2. The summed E-state index contributed by atoms with van der Waals surface area (Å²) in [5.41, 5.74) is 4.30. The van der Waals surface area contributed by atoms with E-state index in [4.69, 9.17) is 14.9 Å². The molecule has 1 atom stereocenters. The number of phenols is 2. The van der Waals surface area contributed by atoms with E-state index in [1.807, 2.05) is 60.1 Å². The van der Waals surface area contributed by atoms with E-state index in [0.717, 1.165) is 33.3 Å². The van der Waals surface area contributed by atoms with Gasteiger partial charge in [-0.15, -0.1) is 0 Å². The number of aliphatic carboxylic acids is 1. The molecule has 5 aromatic rings. The van der Waals surface area contributed by atoms with Gasteiger partial charge in [0.25, 0.3) is 5.91 Å². The van der Waals surface area contributed by atoms with Crippen molar-refractivity contribution in [2.45, 2.75) is 25.8 Å². The van der Waals surface area contributed by atoms with Crippen molar-refractivity contribution in [1.29, 1.82) is 0 Å². The number of fused-ring (bicyclic) bond motifs is 1. The van der Waals surface area contributed by atoms with E-state index < -0.39 is 5.97 Å². The SMILES string of the molecule is COc1ccc2cc(-c3cc(-c4cc(O)cc(O)c4)nn3[C@@H](C)c3ccc(C(=O)NCCCC(=O)O)cc3)ccc2c1. The number of amides is 1. The van der Waals surface area contributed by atoms with E-state index >= 15 is 0 Å². The summed E-state index contributed by atoms with van der Waals surface area (Å²) in [7, 11) is 1.64. The quantitative estimate of drug-likeness (QED) is 0.153. The standard InChI is InChI=1S/C33H31N3O6/c1-20(21-5-7-22(8-6-21)33(41)34-13-3-4-32(39)40)36-31(19-30(35-36)26-15-27(37)18-28(38)16-26)25-10-9-24-17-29(42-2)12-11-23(24)14-25/h5-12,14-20,37-38H,3-4,13H2,1-2H3,(H,34,41)(H,39,40)/t20-/m0/s1. The molecule has 214 valence electrons. The Labute approximate surface area is 242 Å². The maximum Gasteiger partial charge on any atom is 0.303 e. The zero-order valence-corrected chi connectivity index (χ0v) is 23.2. The number of methoxy groups -OCH3 is 1.